The van der Waals surface area contributed by atoms with Gasteiger partial charge in [0.05, 0.1) is 10.5 Å². The minimum Gasteiger partial charge on any atom is -0.486 e. The molecule has 0 bridgehead atoms. The molecular weight excluding hydrogens is 416 g/mol. The summed E-state index contributed by atoms with van der Waals surface area (Å²) in [6.45, 7) is 0.139. The Morgan fingerprint density at radius 3 is 2.33 bits per heavy atom. The molecule has 2 N–H and O–H groups in total. The summed E-state index contributed by atoms with van der Waals surface area (Å²) in [7, 11) is -3.39. The van der Waals surface area contributed by atoms with E-state index in [2.05, 4.69) is 5.32 Å². The number of sulfone groups is 1. The van der Waals surface area contributed by atoms with Crippen molar-refractivity contribution < 1.29 is 37.0 Å². The van der Waals surface area contributed by atoms with Crippen molar-refractivity contribution in [2.45, 2.75) is 4.90 Å². The zero-order valence-corrected chi connectivity index (χ0v) is 16.7. The summed E-state index contributed by atoms with van der Waals surface area (Å²) in [5, 5.41) is 4.49. The number of nitrogens with one attached hydrogen (secondary N) is 2. The molecule has 1 heterocycles. The van der Waals surface area contributed by atoms with E-state index >= 15 is 0 Å². The van der Waals surface area contributed by atoms with Gasteiger partial charge in [0, 0.05) is 18.0 Å². The monoisotopic (exact) mass is 434 g/mol. The van der Waals surface area contributed by atoms with Crippen molar-refractivity contribution in [1.29, 1.82) is 0 Å². The molecule has 3 amide bonds. The number of carbonyl (C=O) groups is 3. The predicted octanol–water partition coefficient (Wildman–Crippen LogP) is 1.37. The van der Waals surface area contributed by atoms with Crippen LogP contribution < -0.4 is 20.1 Å². The number of hydrogen-bond acceptors (Lipinski definition) is 8. The molecule has 0 saturated carbocycles. The number of fused-ring (bicyclic) bond motifs is 1. The predicted molar refractivity (Wildman–Crippen MR) is 104 cm³/mol. The van der Waals surface area contributed by atoms with Crippen molar-refractivity contribution in [3.63, 3.8) is 0 Å². The highest BCUT2D eigenvalue weighted by Crippen LogP contribution is 2.32. The van der Waals surface area contributed by atoms with E-state index in [1.807, 2.05) is 5.32 Å². The second kappa shape index (κ2) is 8.82. The van der Waals surface area contributed by atoms with Gasteiger partial charge in [-0.05, 0) is 36.4 Å². The molecule has 1 aliphatic rings. The number of esters is 1. The van der Waals surface area contributed by atoms with Crippen LogP contribution in [0.25, 0.3) is 0 Å². The van der Waals surface area contributed by atoms with E-state index in [0.29, 0.717) is 30.4 Å². The molecule has 1 aliphatic heterocycles. The van der Waals surface area contributed by atoms with Crippen molar-refractivity contribution >= 4 is 33.4 Å². The average molecular weight is 434 g/mol. The molecule has 0 unspecified atom stereocenters. The van der Waals surface area contributed by atoms with E-state index in [1.165, 1.54) is 24.3 Å². The van der Waals surface area contributed by atoms with Crippen LogP contribution in [0.5, 0.6) is 11.5 Å². The quantitative estimate of drug-likeness (QED) is 0.673. The molecule has 0 radical (unpaired) electrons. The standard InChI is InChI=1S/C19H18N2O8S/c1-30(25,26)14-5-2-12(3-6-14)18(23)29-11-17(22)21-19(24)20-13-4-7-15-16(10-13)28-9-8-27-15/h2-7,10H,8-9,11H2,1H3,(H2,20,21,22,24). The number of carbonyl (C=O) groups excluding carboxylic acids is 3. The highest BCUT2D eigenvalue weighted by Gasteiger charge is 2.16. The minimum atomic E-state index is -3.39. The first kappa shape index (κ1) is 21.1. The lowest BCUT2D eigenvalue weighted by Crippen LogP contribution is -2.37. The number of anilines is 1. The Morgan fingerprint density at radius 2 is 1.67 bits per heavy atom. The highest BCUT2D eigenvalue weighted by atomic mass is 32.2. The van der Waals surface area contributed by atoms with Crippen LogP contribution >= 0.6 is 0 Å². The van der Waals surface area contributed by atoms with E-state index in [9.17, 15) is 22.8 Å². The molecule has 0 atom stereocenters. The topological polar surface area (TPSA) is 137 Å². The normalized spacial score (nSPS) is 12.6. The van der Waals surface area contributed by atoms with E-state index < -0.39 is 34.4 Å². The number of benzene rings is 2. The van der Waals surface area contributed by atoms with E-state index in [1.54, 1.807) is 18.2 Å². The van der Waals surface area contributed by atoms with Gasteiger partial charge < -0.3 is 19.5 Å². The first-order valence-corrected chi connectivity index (χ1v) is 10.6. The van der Waals surface area contributed by atoms with Crippen LogP contribution in [0.2, 0.25) is 0 Å². The summed E-state index contributed by atoms with van der Waals surface area (Å²) in [5.74, 6) is -0.649. The fraction of sp³-hybridized carbons (Fsp3) is 0.211. The summed E-state index contributed by atoms with van der Waals surface area (Å²) in [4.78, 5) is 35.7. The van der Waals surface area contributed by atoms with Crippen LogP contribution in [-0.2, 0) is 19.4 Å². The first-order chi connectivity index (χ1) is 14.2. The molecule has 2 aromatic rings. The van der Waals surface area contributed by atoms with Crippen molar-refractivity contribution in [3.8, 4) is 11.5 Å². The van der Waals surface area contributed by atoms with E-state index in [0.717, 1.165) is 6.26 Å². The van der Waals surface area contributed by atoms with Crippen molar-refractivity contribution in [1.82, 2.24) is 5.32 Å². The molecule has 0 saturated heterocycles. The Balaban J connectivity index is 1.48. The Kier molecular flexibility index (Phi) is 6.21. The lowest BCUT2D eigenvalue weighted by atomic mass is 10.2. The van der Waals surface area contributed by atoms with Crippen molar-refractivity contribution in [2.24, 2.45) is 0 Å². The molecule has 2 aromatic carbocycles. The van der Waals surface area contributed by atoms with Gasteiger partial charge in [-0.2, -0.15) is 0 Å². The summed E-state index contributed by atoms with van der Waals surface area (Å²) in [6.07, 6.45) is 1.04. The number of ether oxygens (including phenoxy) is 3. The molecule has 0 aliphatic carbocycles. The maximum Gasteiger partial charge on any atom is 0.338 e. The molecular formula is C19H18N2O8S. The summed E-state index contributed by atoms with van der Waals surface area (Å²) in [6, 6.07) is 9.00. The molecule has 0 fully saturated rings. The third-order valence-electron chi connectivity index (χ3n) is 3.91. The maximum absolute atomic E-state index is 11.9. The van der Waals surface area contributed by atoms with Crippen LogP contribution in [0.3, 0.4) is 0 Å². The highest BCUT2D eigenvalue weighted by molar-refractivity contribution is 7.90. The van der Waals surface area contributed by atoms with Crippen LogP contribution in [0.4, 0.5) is 10.5 Å². The minimum absolute atomic E-state index is 0.0487. The average Bonchev–Trinajstić information content (AvgIpc) is 2.71. The SMILES string of the molecule is CS(=O)(=O)c1ccc(C(=O)OCC(=O)NC(=O)Nc2ccc3c(c2)OCCO3)cc1. The number of imide groups is 1. The van der Waals surface area contributed by atoms with Gasteiger partial charge in [0.25, 0.3) is 5.91 Å². The molecule has 30 heavy (non-hydrogen) atoms. The van der Waals surface area contributed by atoms with Gasteiger partial charge in [-0.3, -0.25) is 10.1 Å². The fourth-order valence-electron chi connectivity index (χ4n) is 2.50. The zero-order chi connectivity index (χ0) is 21.7. The van der Waals surface area contributed by atoms with Crippen LogP contribution in [0.1, 0.15) is 10.4 Å². The van der Waals surface area contributed by atoms with Gasteiger partial charge in [-0.25, -0.2) is 18.0 Å². The molecule has 11 heteroatoms. The number of amides is 3. The Morgan fingerprint density at radius 1 is 1.00 bits per heavy atom. The van der Waals surface area contributed by atoms with Crippen LogP contribution in [0, 0.1) is 0 Å². The summed E-state index contributed by atoms with van der Waals surface area (Å²) in [5.41, 5.74) is 0.448. The Hall–Kier alpha value is -3.60. The van der Waals surface area contributed by atoms with Crippen LogP contribution in [-0.4, -0.2) is 52.4 Å². The molecule has 0 spiro atoms. The van der Waals surface area contributed by atoms with Gasteiger partial charge in [-0.15, -0.1) is 0 Å². The third kappa shape index (κ3) is 5.47. The number of hydrogen-bond donors (Lipinski definition) is 2. The number of rotatable bonds is 5. The van der Waals surface area contributed by atoms with Crippen molar-refractivity contribution in [3.05, 3.63) is 48.0 Å². The van der Waals surface area contributed by atoms with E-state index in [-0.39, 0.29) is 10.5 Å². The Bertz CT molecular complexity index is 1080. The van der Waals surface area contributed by atoms with Gasteiger partial charge >= 0.3 is 12.0 Å². The van der Waals surface area contributed by atoms with Gasteiger partial charge in [0.1, 0.15) is 13.2 Å². The second-order valence-electron chi connectivity index (χ2n) is 6.23. The first-order valence-electron chi connectivity index (χ1n) is 8.70. The van der Waals surface area contributed by atoms with Gasteiger partial charge in [0.2, 0.25) is 0 Å². The Labute approximate surface area is 172 Å². The molecule has 3 rings (SSSR count). The lowest BCUT2D eigenvalue weighted by molar-refractivity contribution is -0.123. The largest absolute Gasteiger partial charge is 0.486 e. The van der Waals surface area contributed by atoms with Crippen molar-refractivity contribution in [2.75, 3.05) is 31.4 Å². The number of urea groups is 1. The summed E-state index contributed by atoms with van der Waals surface area (Å²) >= 11 is 0. The fourth-order valence-corrected chi connectivity index (χ4v) is 3.13. The third-order valence-corrected chi connectivity index (χ3v) is 5.03. The smallest absolute Gasteiger partial charge is 0.338 e. The molecule has 10 nitrogen and oxygen atoms in total. The second-order valence-corrected chi connectivity index (χ2v) is 8.25. The van der Waals surface area contributed by atoms with Gasteiger partial charge in [-0.1, -0.05) is 0 Å². The summed E-state index contributed by atoms with van der Waals surface area (Å²) < 4.78 is 38.4. The van der Waals surface area contributed by atoms with Gasteiger partial charge in [0.15, 0.2) is 27.9 Å². The molecule has 158 valence electrons. The maximum atomic E-state index is 11.9. The van der Waals surface area contributed by atoms with E-state index in [4.69, 9.17) is 14.2 Å². The zero-order valence-electron chi connectivity index (χ0n) is 15.8. The molecule has 0 aromatic heterocycles. The lowest BCUT2D eigenvalue weighted by Gasteiger charge is -2.19. The van der Waals surface area contributed by atoms with Crippen LogP contribution in [0.15, 0.2) is 47.4 Å².